The molecule has 0 radical (unpaired) electrons. The minimum absolute atomic E-state index is 0.167. The smallest absolute Gasteiger partial charge is 0.340 e. The molecule has 23 heavy (non-hydrogen) atoms. The molecule has 2 atom stereocenters. The quantitative estimate of drug-likeness (QED) is 0.808. The predicted octanol–water partition coefficient (Wildman–Crippen LogP) is 2.65. The molecule has 2 aromatic heterocycles. The SMILES string of the molecule is CC1CN(c2ccc(C(=O)OCc3ccoc3)cn2)CC(C)O1. The van der Waals surface area contributed by atoms with Crippen molar-refractivity contribution in [2.24, 2.45) is 0 Å². The van der Waals surface area contributed by atoms with E-state index in [9.17, 15) is 4.79 Å². The zero-order valence-corrected chi connectivity index (χ0v) is 13.3. The van der Waals surface area contributed by atoms with E-state index in [4.69, 9.17) is 13.9 Å². The molecule has 2 aromatic rings. The van der Waals surface area contributed by atoms with Crippen LogP contribution in [0.15, 0.2) is 41.3 Å². The number of aromatic nitrogens is 1. The van der Waals surface area contributed by atoms with Crippen LogP contribution in [0, 0.1) is 0 Å². The van der Waals surface area contributed by atoms with Crippen LogP contribution in [0.25, 0.3) is 0 Å². The maximum absolute atomic E-state index is 12.0. The second-order valence-electron chi connectivity index (χ2n) is 5.78. The van der Waals surface area contributed by atoms with Gasteiger partial charge in [-0.15, -0.1) is 0 Å². The highest BCUT2D eigenvalue weighted by Crippen LogP contribution is 2.18. The fourth-order valence-corrected chi connectivity index (χ4v) is 2.67. The lowest BCUT2D eigenvalue weighted by molar-refractivity contribution is -0.00547. The van der Waals surface area contributed by atoms with Crippen LogP contribution in [0.1, 0.15) is 29.8 Å². The first-order chi connectivity index (χ1) is 11.1. The van der Waals surface area contributed by atoms with E-state index in [0.29, 0.717) is 5.56 Å². The number of carbonyl (C=O) groups is 1. The monoisotopic (exact) mass is 316 g/mol. The lowest BCUT2D eigenvalue weighted by atomic mass is 10.2. The first-order valence-electron chi connectivity index (χ1n) is 7.66. The van der Waals surface area contributed by atoms with Gasteiger partial charge in [0.25, 0.3) is 0 Å². The minimum atomic E-state index is -0.394. The van der Waals surface area contributed by atoms with Crippen LogP contribution < -0.4 is 4.90 Å². The highest BCUT2D eigenvalue weighted by atomic mass is 16.5. The van der Waals surface area contributed by atoms with E-state index in [1.807, 2.05) is 19.9 Å². The van der Waals surface area contributed by atoms with Crippen LogP contribution in [0.5, 0.6) is 0 Å². The number of esters is 1. The number of morpholine rings is 1. The van der Waals surface area contributed by atoms with Crippen molar-refractivity contribution < 1.29 is 18.7 Å². The molecule has 0 amide bonds. The summed E-state index contributed by atoms with van der Waals surface area (Å²) >= 11 is 0. The van der Waals surface area contributed by atoms with Gasteiger partial charge in [-0.05, 0) is 32.0 Å². The van der Waals surface area contributed by atoms with Gasteiger partial charge in [-0.3, -0.25) is 0 Å². The largest absolute Gasteiger partial charge is 0.472 e. The summed E-state index contributed by atoms with van der Waals surface area (Å²) in [6.07, 6.45) is 4.98. The van der Waals surface area contributed by atoms with Gasteiger partial charge >= 0.3 is 5.97 Å². The second kappa shape index (κ2) is 6.83. The Balaban J connectivity index is 1.61. The molecule has 122 valence electrons. The van der Waals surface area contributed by atoms with Crippen molar-refractivity contribution >= 4 is 11.8 Å². The summed E-state index contributed by atoms with van der Waals surface area (Å²) in [5, 5.41) is 0. The van der Waals surface area contributed by atoms with E-state index in [1.54, 1.807) is 30.9 Å². The molecule has 0 aliphatic carbocycles. The number of furan rings is 1. The summed E-state index contributed by atoms with van der Waals surface area (Å²) in [4.78, 5) is 18.6. The van der Waals surface area contributed by atoms with Gasteiger partial charge in [-0.2, -0.15) is 0 Å². The third-order valence-corrected chi connectivity index (χ3v) is 3.68. The number of anilines is 1. The molecule has 2 unspecified atom stereocenters. The Hall–Kier alpha value is -2.34. The first-order valence-corrected chi connectivity index (χ1v) is 7.66. The Morgan fingerprint density at radius 3 is 2.70 bits per heavy atom. The second-order valence-corrected chi connectivity index (χ2v) is 5.78. The number of nitrogens with zero attached hydrogens (tertiary/aromatic N) is 2. The van der Waals surface area contributed by atoms with Crippen LogP contribution in [-0.2, 0) is 16.1 Å². The molecule has 0 saturated carbocycles. The van der Waals surface area contributed by atoms with Crippen LogP contribution >= 0.6 is 0 Å². The normalized spacial score (nSPS) is 21.2. The van der Waals surface area contributed by atoms with Gasteiger partial charge in [0.15, 0.2) is 0 Å². The van der Waals surface area contributed by atoms with Crippen LogP contribution in [0.4, 0.5) is 5.82 Å². The van der Waals surface area contributed by atoms with Gasteiger partial charge in [0, 0.05) is 24.8 Å². The molecule has 0 bridgehead atoms. The van der Waals surface area contributed by atoms with Crippen molar-refractivity contribution in [3.05, 3.63) is 48.0 Å². The zero-order valence-electron chi connectivity index (χ0n) is 13.3. The van der Waals surface area contributed by atoms with E-state index >= 15 is 0 Å². The number of ether oxygens (including phenoxy) is 2. The number of hydrogen-bond donors (Lipinski definition) is 0. The Bertz CT molecular complexity index is 629. The van der Waals surface area contributed by atoms with E-state index < -0.39 is 5.97 Å². The molecule has 0 spiro atoms. The molecule has 3 heterocycles. The molecule has 1 aliphatic rings. The Morgan fingerprint density at radius 2 is 2.09 bits per heavy atom. The summed E-state index contributed by atoms with van der Waals surface area (Å²) in [6, 6.07) is 5.35. The molecule has 1 aliphatic heterocycles. The summed E-state index contributed by atoms with van der Waals surface area (Å²) < 4.78 is 15.9. The maximum Gasteiger partial charge on any atom is 0.340 e. The Kier molecular flexibility index (Phi) is 4.62. The van der Waals surface area contributed by atoms with Crippen molar-refractivity contribution in [1.82, 2.24) is 4.98 Å². The van der Waals surface area contributed by atoms with Crippen molar-refractivity contribution in [3.8, 4) is 0 Å². The van der Waals surface area contributed by atoms with Crippen LogP contribution in [0.3, 0.4) is 0 Å². The Morgan fingerprint density at radius 1 is 1.30 bits per heavy atom. The average molecular weight is 316 g/mol. The van der Waals surface area contributed by atoms with Crippen molar-refractivity contribution in [3.63, 3.8) is 0 Å². The number of rotatable bonds is 4. The molecular formula is C17H20N2O4. The average Bonchev–Trinajstić information content (AvgIpc) is 3.05. The molecule has 6 nitrogen and oxygen atoms in total. The number of carbonyl (C=O) groups excluding carboxylic acids is 1. The van der Waals surface area contributed by atoms with E-state index in [1.165, 1.54) is 0 Å². The Labute approximate surface area is 135 Å². The predicted molar refractivity (Wildman–Crippen MR) is 84.3 cm³/mol. The zero-order chi connectivity index (χ0) is 16.2. The lowest BCUT2D eigenvalue weighted by Gasteiger charge is -2.36. The minimum Gasteiger partial charge on any atom is -0.472 e. The fraction of sp³-hybridized carbons (Fsp3) is 0.412. The first kappa shape index (κ1) is 15.6. The highest BCUT2D eigenvalue weighted by molar-refractivity contribution is 5.89. The molecule has 1 fully saturated rings. The molecule has 3 rings (SSSR count). The van der Waals surface area contributed by atoms with Gasteiger partial charge in [0.05, 0.1) is 30.3 Å². The van der Waals surface area contributed by atoms with Gasteiger partial charge in [0.2, 0.25) is 0 Å². The maximum atomic E-state index is 12.0. The molecule has 0 N–H and O–H groups in total. The summed E-state index contributed by atoms with van der Waals surface area (Å²) in [5.74, 6) is 0.451. The summed E-state index contributed by atoms with van der Waals surface area (Å²) in [7, 11) is 0. The third-order valence-electron chi connectivity index (χ3n) is 3.68. The molecular weight excluding hydrogens is 296 g/mol. The molecule has 0 aromatic carbocycles. The molecule has 1 saturated heterocycles. The van der Waals surface area contributed by atoms with Crippen LogP contribution in [0.2, 0.25) is 0 Å². The molecule has 6 heteroatoms. The van der Waals surface area contributed by atoms with E-state index in [2.05, 4.69) is 9.88 Å². The van der Waals surface area contributed by atoms with Gasteiger partial charge < -0.3 is 18.8 Å². The van der Waals surface area contributed by atoms with E-state index in [0.717, 1.165) is 24.5 Å². The van der Waals surface area contributed by atoms with E-state index in [-0.39, 0.29) is 18.8 Å². The standard InChI is InChI=1S/C17H20N2O4/c1-12-8-19(9-13(2)23-12)16-4-3-15(7-18-16)17(20)22-11-14-5-6-21-10-14/h3-7,10,12-13H,8-9,11H2,1-2H3. The topological polar surface area (TPSA) is 64.8 Å². The van der Waals surface area contributed by atoms with Gasteiger partial charge in [0.1, 0.15) is 12.4 Å². The third kappa shape index (κ3) is 3.90. The van der Waals surface area contributed by atoms with Gasteiger partial charge in [-0.25, -0.2) is 9.78 Å². The number of pyridine rings is 1. The number of hydrogen-bond acceptors (Lipinski definition) is 6. The van der Waals surface area contributed by atoms with Crippen molar-refractivity contribution in [2.45, 2.75) is 32.7 Å². The summed E-state index contributed by atoms with van der Waals surface area (Å²) in [6.45, 7) is 5.87. The summed E-state index contributed by atoms with van der Waals surface area (Å²) in [5.41, 5.74) is 1.26. The van der Waals surface area contributed by atoms with Crippen molar-refractivity contribution in [1.29, 1.82) is 0 Å². The van der Waals surface area contributed by atoms with Crippen LogP contribution in [-0.4, -0.2) is 36.3 Å². The van der Waals surface area contributed by atoms with Crippen molar-refractivity contribution in [2.75, 3.05) is 18.0 Å². The lowest BCUT2D eigenvalue weighted by Crippen LogP contribution is -2.45. The highest BCUT2D eigenvalue weighted by Gasteiger charge is 2.23. The van der Waals surface area contributed by atoms with Gasteiger partial charge in [-0.1, -0.05) is 0 Å². The fourth-order valence-electron chi connectivity index (χ4n) is 2.67.